The number of rotatable bonds is 9. The number of halogens is 1. The smallest absolute Gasteiger partial charge is 0.146 e. The third kappa shape index (κ3) is 4.44. The number of nitrogens with one attached hydrogen (secondary N) is 1. The fourth-order valence-electron chi connectivity index (χ4n) is 2.67. The molecule has 0 aliphatic heterocycles. The number of unbranched alkanes of at least 4 members (excludes halogenated alkanes) is 1. The number of benzene rings is 1. The van der Waals surface area contributed by atoms with Gasteiger partial charge >= 0.3 is 0 Å². The summed E-state index contributed by atoms with van der Waals surface area (Å²) in [5.41, 5.74) is 1.91. The van der Waals surface area contributed by atoms with Crippen LogP contribution in [-0.2, 0) is 6.54 Å². The maximum Gasteiger partial charge on any atom is 0.146 e. The van der Waals surface area contributed by atoms with Crippen LogP contribution in [0.4, 0.5) is 10.1 Å². The lowest BCUT2D eigenvalue weighted by atomic mass is 10.1. The molecule has 0 bridgehead atoms. The lowest BCUT2D eigenvalue weighted by molar-refractivity contribution is 0.558. The fraction of sp³-hybridized carbons (Fsp3) is 0.667. The van der Waals surface area contributed by atoms with E-state index in [1.807, 2.05) is 6.07 Å². The summed E-state index contributed by atoms with van der Waals surface area (Å²) < 4.78 is 14.5. The van der Waals surface area contributed by atoms with Crippen molar-refractivity contribution in [3.63, 3.8) is 0 Å². The van der Waals surface area contributed by atoms with Gasteiger partial charge < -0.3 is 10.2 Å². The Morgan fingerprint density at radius 1 is 1.33 bits per heavy atom. The van der Waals surface area contributed by atoms with Crippen molar-refractivity contribution in [2.45, 2.75) is 71.5 Å². The van der Waals surface area contributed by atoms with Crippen molar-refractivity contribution in [3.8, 4) is 0 Å². The Hall–Kier alpha value is -1.09. The largest absolute Gasteiger partial charge is 0.366 e. The monoisotopic (exact) mass is 292 g/mol. The van der Waals surface area contributed by atoms with Crippen molar-refractivity contribution in [1.82, 2.24) is 5.32 Å². The molecule has 118 valence electrons. The minimum Gasteiger partial charge on any atom is -0.366 e. The van der Waals surface area contributed by atoms with Gasteiger partial charge in [0.25, 0.3) is 0 Å². The molecule has 1 unspecified atom stereocenters. The molecule has 1 aliphatic rings. The molecule has 1 aromatic carbocycles. The minimum absolute atomic E-state index is 0.0819. The first-order valence-electron chi connectivity index (χ1n) is 8.44. The summed E-state index contributed by atoms with van der Waals surface area (Å²) in [5.74, 6) is -0.0819. The van der Waals surface area contributed by atoms with Gasteiger partial charge in [0.2, 0.25) is 0 Å². The minimum atomic E-state index is -0.0819. The highest BCUT2D eigenvalue weighted by Gasteiger charge is 2.23. The normalized spacial score (nSPS) is 16.0. The molecule has 1 aliphatic carbocycles. The zero-order valence-electron chi connectivity index (χ0n) is 13.7. The highest BCUT2D eigenvalue weighted by molar-refractivity contribution is 5.55. The SMILES string of the molecule is CCCCN(c1c(F)cccc1CNC1CC1)C(C)CC. The van der Waals surface area contributed by atoms with Gasteiger partial charge in [0.1, 0.15) is 5.82 Å². The van der Waals surface area contributed by atoms with E-state index in [0.717, 1.165) is 43.6 Å². The molecule has 1 saturated carbocycles. The molecule has 1 fully saturated rings. The number of para-hydroxylation sites is 1. The molecule has 0 saturated heterocycles. The van der Waals surface area contributed by atoms with Crippen LogP contribution in [0, 0.1) is 5.82 Å². The molecular weight excluding hydrogens is 263 g/mol. The standard InChI is InChI=1S/C18H29FN2/c1-4-6-12-21(14(3)5-2)18-15(8-7-9-17(18)19)13-20-16-10-11-16/h7-9,14,16,20H,4-6,10-13H2,1-3H3. The van der Waals surface area contributed by atoms with E-state index in [1.165, 1.54) is 12.8 Å². The zero-order chi connectivity index (χ0) is 15.2. The summed E-state index contributed by atoms with van der Waals surface area (Å²) in [4.78, 5) is 2.27. The molecule has 0 heterocycles. The van der Waals surface area contributed by atoms with Crippen LogP contribution in [0.15, 0.2) is 18.2 Å². The molecule has 0 amide bonds. The molecule has 0 radical (unpaired) electrons. The third-order valence-electron chi connectivity index (χ3n) is 4.39. The van der Waals surface area contributed by atoms with Gasteiger partial charge in [-0.15, -0.1) is 0 Å². The number of nitrogens with zero attached hydrogens (tertiary/aromatic N) is 1. The van der Waals surface area contributed by atoms with E-state index >= 15 is 0 Å². The van der Waals surface area contributed by atoms with Gasteiger partial charge in [0, 0.05) is 25.2 Å². The number of hydrogen-bond donors (Lipinski definition) is 1. The van der Waals surface area contributed by atoms with Crippen LogP contribution in [0.3, 0.4) is 0 Å². The summed E-state index contributed by atoms with van der Waals surface area (Å²) in [6.07, 6.45) is 5.80. The topological polar surface area (TPSA) is 15.3 Å². The Balaban J connectivity index is 2.22. The predicted octanol–water partition coefficient (Wildman–Crippen LogP) is 4.48. The average Bonchev–Trinajstić information content (AvgIpc) is 3.31. The van der Waals surface area contributed by atoms with Crippen molar-refractivity contribution < 1.29 is 4.39 Å². The van der Waals surface area contributed by atoms with Gasteiger partial charge in [-0.1, -0.05) is 32.4 Å². The van der Waals surface area contributed by atoms with E-state index in [4.69, 9.17) is 0 Å². The van der Waals surface area contributed by atoms with Crippen molar-refractivity contribution in [2.24, 2.45) is 0 Å². The van der Waals surface area contributed by atoms with E-state index in [0.29, 0.717) is 12.1 Å². The van der Waals surface area contributed by atoms with Crippen LogP contribution < -0.4 is 10.2 Å². The van der Waals surface area contributed by atoms with Crippen molar-refractivity contribution >= 4 is 5.69 Å². The Morgan fingerprint density at radius 3 is 2.71 bits per heavy atom. The number of anilines is 1. The molecule has 1 atom stereocenters. The molecule has 3 heteroatoms. The maximum atomic E-state index is 14.5. The van der Waals surface area contributed by atoms with E-state index in [1.54, 1.807) is 6.07 Å². The molecule has 0 spiro atoms. The van der Waals surface area contributed by atoms with E-state index in [-0.39, 0.29) is 5.82 Å². The molecule has 2 rings (SSSR count). The lowest BCUT2D eigenvalue weighted by Gasteiger charge is -2.33. The Bertz CT molecular complexity index is 443. The lowest BCUT2D eigenvalue weighted by Crippen LogP contribution is -2.35. The Kier molecular flexibility index (Phi) is 6.04. The van der Waals surface area contributed by atoms with Gasteiger partial charge in [0.05, 0.1) is 5.69 Å². The second-order valence-corrected chi connectivity index (χ2v) is 6.21. The van der Waals surface area contributed by atoms with Crippen LogP contribution in [0.1, 0.15) is 58.4 Å². The molecule has 2 nitrogen and oxygen atoms in total. The summed E-state index contributed by atoms with van der Waals surface area (Å²) in [6, 6.07) is 6.51. The van der Waals surface area contributed by atoms with Gasteiger partial charge in [-0.3, -0.25) is 0 Å². The Labute approximate surface area is 128 Å². The molecule has 0 aromatic heterocycles. The second kappa shape index (κ2) is 7.79. The average molecular weight is 292 g/mol. The zero-order valence-corrected chi connectivity index (χ0v) is 13.7. The number of hydrogen-bond acceptors (Lipinski definition) is 2. The first kappa shape index (κ1) is 16.3. The Morgan fingerprint density at radius 2 is 2.10 bits per heavy atom. The van der Waals surface area contributed by atoms with Gasteiger partial charge in [0.15, 0.2) is 0 Å². The fourth-order valence-corrected chi connectivity index (χ4v) is 2.67. The molecule has 1 N–H and O–H groups in total. The van der Waals surface area contributed by atoms with Gasteiger partial charge in [-0.2, -0.15) is 0 Å². The predicted molar refractivity (Wildman–Crippen MR) is 88.3 cm³/mol. The van der Waals surface area contributed by atoms with Crippen molar-refractivity contribution in [3.05, 3.63) is 29.6 Å². The highest BCUT2D eigenvalue weighted by Crippen LogP contribution is 2.29. The summed E-state index contributed by atoms with van der Waals surface area (Å²) in [5, 5.41) is 3.52. The quantitative estimate of drug-likeness (QED) is 0.722. The van der Waals surface area contributed by atoms with Crippen LogP contribution in [0.5, 0.6) is 0 Å². The third-order valence-corrected chi connectivity index (χ3v) is 4.39. The molecule has 1 aromatic rings. The summed E-state index contributed by atoms with van der Waals surface area (Å²) in [7, 11) is 0. The molecule has 21 heavy (non-hydrogen) atoms. The summed E-state index contributed by atoms with van der Waals surface area (Å²) in [6.45, 7) is 8.26. The van der Waals surface area contributed by atoms with E-state index in [9.17, 15) is 4.39 Å². The van der Waals surface area contributed by atoms with Crippen LogP contribution in [-0.4, -0.2) is 18.6 Å². The van der Waals surface area contributed by atoms with E-state index < -0.39 is 0 Å². The van der Waals surface area contributed by atoms with Gasteiger partial charge in [-0.25, -0.2) is 4.39 Å². The summed E-state index contributed by atoms with van der Waals surface area (Å²) >= 11 is 0. The van der Waals surface area contributed by atoms with Crippen molar-refractivity contribution in [1.29, 1.82) is 0 Å². The molecular formula is C18H29FN2. The van der Waals surface area contributed by atoms with Crippen LogP contribution >= 0.6 is 0 Å². The first-order chi connectivity index (χ1) is 10.2. The highest BCUT2D eigenvalue weighted by atomic mass is 19.1. The second-order valence-electron chi connectivity index (χ2n) is 6.21. The van der Waals surface area contributed by atoms with Crippen LogP contribution in [0.25, 0.3) is 0 Å². The van der Waals surface area contributed by atoms with E-state index in [2.05, 4.69) is 37.1 Å². The van der Waals surface area contributed by atoms with Crippen molar-refractivity contribution in [2.75, 3.05) is 11.4 Å². The van der Waals surface area contributed by atoms with Crippen LogP contribution in [0.2, 0.25) is 0 Å². The van der Waals surface area contributed by atoms with Gasteiger partial charge in [-0.05, 0) is 44.2 Å². The first-order valence-corrected chi connectivity index (χ1v) is 8.44. The maximum absolute atomic E-state index is 14.5.